The van der Waals surface area contributed by atoms with Gasteiger partial charge in [0.05, 0.1) is 11.0 Å². The highest BCUT2D eigenvalue weighted by atomic mass is 15.0. The Morgan fingerprint density at radius 1 is 0.583 bits per heavy atom. The van der Waals surface area contributed by atoms with E-state index >= 15 is 0 Å². The van der Waals surface area contributed by atoms with Crippen LogP contribution >= 0.6 is 0 Å². The fourth-order valence-corrected chi connectivity index (χ4v) is 3.71. The van der Waals surface area contributed by atoms with Crippen LogP contribution in [0.5, 0.6) is 0 Å². The predicted octanol–water partition coefficient (Wildman–Crippen LogP) is 4.73. The highest BCUT2D eigenvalue weighted by Crippen LogP contribution is 2.35. The molecule has 0 unspecified atom stereocenters. The van der Waals surface area contributed by atoms with E-state index in [1.807, 2.05) is 12.1 Å². The minimum atomic E-state index is 0.818. The van der Waals surface area contributed by atoms with Crippen molar-refractivity contribution in [1.29, 1.82) is 0 Å². The van der Waals surface area contributed by atoms with Crippen LogP contribution in [0.3, 0.4) is 0 Å². The lowest BCUT2D eigenvalue weighted by molar-refractivity contribution is 1.18. The Hall–Kier alpha value is -3.00. The summed E-state index contributed by atoms with van der Waals surface area (Å²) in [7, 11) is 6.38. The van der Waals surface area contributed by atoms with Crippen LogP contribution in [0.25, 0.3) is 38.3 Å². The first-order valence-corrected chi connectivity index (χ1v) is 8.10. The summed E-state index contributed by atoms with van der Waals surface area (Å²) in [5.41, 5.74) is 4.32. The molecule has 0 aliphatic heterocycles. The van der Waals surface area contributed by atoms with Crippen molar-refractivity contribution >= 4 is 45.9 Å². The van der Waals surface area contributed by atoms with Gasteiger partial charge >= 0.3 is 0 Å². The van der Waals surface area contributed by atoms with Crippen molar-refractivity contribution in [3.05, 3.63) is 84.9 Å². The molecule has 0 bridgehead atoms. The Bertz CT molecular complexity index is 1200. The van der Waals surface area contributed by atoms with Gasteiger partial charge in [0.2, 0.25) is 0 Å². The van der Waals surface area contributed by atoms with Crippen molar-refractivity contribution in [3.8, 4) is 5.69 Å². The first-order valence-electron chi connectivity index (χ1n) is 8.10. The molecule has 0 saturated carbocycles. The standard InChI is InChI=1S/C22H14BN/c23-19-14-21-22(17-11-5-4-10-16(17)19)18-12-6-7-13-20(18)24(21)15-8-2-1-3-9-15/h1-14H. The molecule has 110 valence electrons. The quantitative estimate of drug-likeness (QED) is 0.394. The number of para-hydroxylation sites is 2. The topological polar surface area (TPSA) is 4.93 Å². The summed E-state index contributed by atoms with van der Waals surface area (Å²) in [5.74, 6) is 0. The maximum atomic E-state index is 6.38. The van der Waals surface area contributed by atoms with Crippen molar-refractivity contribution < 1.29 is 0 Å². The van der Waals surface area contributed by atoms with Crippen molar-refractivity contribution in [1.82, 2.24) is 4.57 Å². The Kier molecular flexibility index (Phi) is 2.80. The van der Waals surface area contributed by atoms with Crippen molar-refractivity contribution in [2.45, 2.75) is 0 Å². The lowest BCUT2D eigenvalue weighted by atomic mass is 9.88. The highest BCUT2D eigenvalue weighted by molar-refractivity contribution is 6.42. The molecule has 0 spiro atoms. The molecular formula is C22H14BN. The molecule has 4 aromatic carbocycles. The molecule has 1 heterocycles. The van der Waals surface area contributed by atoms with Gasteiger partial charge in [-0.2, -0.15) is 0 Å². The van der Waals surface area contributed by atoms with Gasteiger partial charge in [-0.3, -0.25) is 0 Å². The minimum absolute atomic E-state index is 0.818. The SMILES string of the molecule is [B]c1cc2c(c3ccccc13)c1ccccc1n2-c1ccccc1. The molecule has 5 aromatic rings. The molecule has 0 amide bonds. The largest absolute Gasteiger partial charge is 0.309 e. The number of rotatable bonds is 1. The van der Waals surface area contributed by atoms with Gasteiger partial charge in [0.1, 0.15) is 7.85 Å². The predicted molar refractivity (Wildman–Crippen MR) is 104 cm³/mol. The van der Waals surface area contributed by atoms with Crippen LogP contribution in [0.15, 0.2) is 84.9 Å². The molecule has 24 heavy (non-hydrogen) atoms. The summed E-state index contributed by atoms with van der Waals surface area (Å²) >= 11 is 0. The third kappa shape index (κ3) is 1.77. The van der Waals surface area contributed by atoms with Gasteiger partial charge in [0.25, 0.3) is 0 Å². The second-order valence-electron chi connectivity index (χ2n) is 6.09. The number of aromatic nitrogens is 1. The summed E-state index contributed by atoms with van der Waals surface area (Å²) in [6.07, 6.45) is 0. The number of benzene rings is 4. The van der Waals surface area contributed by atoms with E-state index in [9.17, 15) is 0 Å². The van der Waals surface area contributed by atoms with E-state index in [4.69, 9.17) is 7.85 Å². The van der Waals surface area contributed by atoms with E-state index < -0.39 is 0 Å². The maximum Gasteiger partial charge on any atom is 0.114 e. The third-order valence-corrected chi connectivity index (χ3v) is 4.73. The number of hydrogen-bond donors (Lipinski definition) is 0. The Labute approximate surface area is 141 Å². The van der Waals surface area contributed by atoms with Crippen LogP contribution in [0.2, 0.25) is 0 Å². The average Bonchev–Trinajstić information content (AvgIpc) is 2.97. The zero-order chi connectivity index (χ0) is 16.1. The van der Waals surface area contributed by atoms with Crippen LogP contribution in [-0.2, 0) is 0 Å². The number of nitrogens with zero attached hydrogens (tertiary/aromatic N) is 1. The normalized spacial score (nSPS) is 11.5. The van der Waals surface area contributed by atoms with Gasteiger partial charge in [-0.25, -0.2) is 0 Å². The van der Waals surface area contributed by atoms with E-state index in [0.29, 0.717) is 0 Å². The lowest BCUT2D eigenvalue weighted by Crippen LogP contribution is -2.05. The molecule has 0 N–H and O–H groups in total. The third-order valence-electron chi connectivity index (χ3n) is 4.73. The zero-order valence-corrected chi connectivity index (χ0v) is 13.1. The van der Waals surface area contributed by atoms with E-state index in [2.05, 4.69) is 77.4 Å². The Morgan fingerprint density at radius 3 is 2.00 bits per heavy atom. The van der Waals surface area contributed by atoms with Crippen LogP contribution in [0.1, 0.15) is 0 Å². The van der Waals surface area contributed by atoms with Crippen LogP contribution < -0.4 is 5.46 Å². The smallest absolute Gasteiger partial charge is 0.114 e. The van der Waals surface area contributed by atoms with E-state index in [1.54, 1.807) is 0 Å². The molecule has 5 rings (SSSR count). The molecule has 0 saturated heterocycles. The van der Waals surface area contributed by atoms with E-state index in [-0.39, 0.29) is 0 Å². The first-order chi connectivity index (χ1) is 11.8. The van der Waals surface area contributed by atoms with E-state index in [0.717, 1.165) is 22.1 Å². The Morgan fingerprint density at radius 2 is 1.21 bits per heavy atom. The summed E-state index contributed by atoms with van der Waals surface area (Å²) in [6.45, 7) is 0. The number of fused-ring (bicyclic) bond motifs is 5. The molecule has 2 radical (unpaired) electrons. The molecule has 0 aliphatic carbocycles. The average molecular weight is 303 g/mol. The molecule has 0 fully saturated rings. The van der Waals surface area contributed by atoms with Crippen LogP contribution in [0.4, 0.5) is 0 Å². The van der Waals surface area contributed by atoms with Gasteiger partial charge in [0.15, 0.2) is 0 Å². The fraction of sp³-hybridized carbons (Fsp3) is 0. The molecular weight excluding hydrogens is 289 g/mol. The minimum Gasteiger partial charge on any atom is -0.309 e. The van der Waals surface area contributed by atoms with Crippen molar-refractivity contribution in [2.75, 3.05) is 0 Å². The monoisotopic (exact) mass is 303 g/mol. The van der Waals surface area contributed by atoms with Crippen molar-refractivity contribution in [3.63, 3.8) is 0 Å². The summed E-state index contributed by atoms with van der Waals surface area (Å²) in [4.78, 5) is 0. The van der Waals surface area contributed by atoms with Crippen molar-refractivity contribution in [2.24, 2.45) is 0 Å². The summed E-state index contributed by atoms with van der Waals surface area (Å²) in [5, 5.41) is 4.84. The van der Waals surface area contributed by atoms with Crippen LogP contribution in [0, 0.1) is 0 Å². The lowest BCUT2D eigenvalue weighted by Gasteiger charge is -2.09. The van der Waals surface area contributed by atoms with E-state index in [1.165, 1.54) is 21.7 Å². The molecule has 0 atom stereocenters. The number of hydrogen-bond acceptors (Lipinski definition) is 0. The van der Waals surface area contributed by atoms with Crippen LogP contribution in [-0.4, -0.2) is 12.4 Å². The Balaban J connectivity index is 2.10. The zero-order valence-electron chi connectivity index (χ0n) is 13.1. The van der Waals surface area contributed by atoms with Gasteiger partial charge in [-0.15, -0.1) is 0 Å². The maximum absolute atomic E-state index is 6.38. The second-order valence-corrected chi connectivity index (χ2v) is 6.09. The van der Waals surface area contributed by atoms with Gasteiger partial charge < -0.3 is 4.57 Å². The summed E-state index contributed by atoms with van der Waals surface area (Å²) < 4.78 is 2.30. The fourth-order valence-electron chi connectivity index (χ4n) is 3.71. The molecule has 2 heteroatoms. The summed E-state index contributed by atoms with van der Waals surface area (Å²) in [6, 6.07) is 29.5. The highest BCUT2D eigenvalue weighted by Gasteiger charge is 2.15. The second kappa shape index (κ2) is 5.00. The molecule has 1 aromatic heterocycles. The van der Waals surface area contributed by atoms with Gasteiger partial charge in [-0.1, -0.05) is 66.1 Å². The first kappa shape index (κ1) is 13.4. The molecule has 1 nitrogen and oxygen atoms in total. The van der Waals surface area contributed by atoms with Gasteiger partial charge in [-0.05, 0) is 35.0 Å². The molecule has 0 aliphatic rings. The van der Waals surface area contributed by atoms with Gasteiger partial charge in [0, 0.05) is 16.5 Å².